The molecule has 1 aliphatic heterocycles. The molecule has 150 valence electrons. The highest BCUT2D eigenvalue weighted by Gasteiger charge is 2.19. The number of anilines is 1. The van der Waals surface area contributed by atoms with Crippen molar-refractivity contribution in [1.29, 1.82) is 0 Å². The van der Waals surface area contributed by atoms with Gasteiger partial charge in [0.15, 0.2) is 0 Å². The molecule has 1 N–H and O–H groups in total. The van der Waals surface area contributed by atoms with Gasteiger partial charge in [0, 0.05) is 45.0 Å². The first-order valence-corrected chi connectivity index (χ1v) is 10.6. The molecule has 1 heterocycles. The molecule has 5 nitrogen and oxygen atoms in total. The van der Waals surface area contributed by atoms with Gasteiger partial charge < -0.3 is 15.0 Å². The second-order valence-corrected chi connectivity index (χ2v) is 7.94. The molecule has 0 aromatic heterocycles. The van der Waals surface area contributed by atoms with Crippen molar-refractivity contribution >= 4 is 11.6 Å². The van der Waals surface area contributed by atoms with E-state index < -0.39 is 0 Å². The fourth-order valence-corrected chi connectivity index (χ4v) is 4.03. The lowest BCUT2D eigenvalue weighted by Crippen LogP contribution is -2.49. The Morgan fingerprint density at radius 1 is 1.15 bits per heavy atom. The number of hydrogen-bond donors (Lipinski definition) is 1. The molecule has 1 saturated heterocycles. The summed E-state index contributed by atoms with van der Waals surface area (Å²) < 4.78 is 5.91. The van der Waals surface area contributed by atoms with E-state index in [0.717, 1.165) is 45.8 Å². The van der Waals surface area contributed by atoms with E-state index in [-0.39, 0.29) is 5.91 Å². The van der Waals surface area contributed by atoms with Crippen LogP contribution in [0.5, 0.6) is 0 Å². The molecule has 1 aliphatic carbocycles. The Morgan fingerprint density at radius 3 is 2.67 bits per heavy atom. The number of benzene rings is 1. The highest BCUT2D eigenvalue weighted by molar-refractivity contribution is 5.78. The van der Waals surface area contributed by atoms with Gasteiger partial charge in [0.2, 0.25) is 5.91 Å². The van der Waals surface area contributed by atoms with Crippen molar-refractivity contribution in [1.82, 2.24) is 10.2 Å². The molecule has 2 aliphatic rings. The van der Waals surface area contributed by atoms with E-state index in [1.165, 1.54) is 43.4 Å². The summed E-state index contributed by atoms with van der Waals surface area (Å²) in [6.07, 6.45) is 7.75. The number of carbonyl (C=O) groups is 1. The van der Waals surface area contributed by atoms with E-state index in [4.69, 9.17) is 4.74 Å². The van der Waals surface area contributed by atoms with Gasteiger partial charge in [-0.15, -0.1) is 0 Å². The van der Waals surface area contributed by atoms with Gasteiger partial charge in [0.1, 0.15) is 0 Å². The number of amides is 1. The minimum absolute atomic E-state index is 0.136. The molecular formula is C22H35N3O2. The van der Waals surface area contributed by atoms with Gasteiger partial charge in [0.25, 0.3) is 0 Å². The maximum absolute atomic E-state index is 12.2. The zero-order chi connectivity index (χ0) is 18.9. The van der Waals surface area contributed by atoms with Crippen LogP contribution in [0.3, 0.4) is 0 Å². The molecule has 0 bridgehead atoms. The predicted molar refractivity (Wildman–Crippen MR) is 110 cm³/mol. The normalized spacial score (nSPS) is 19.2. The van der Waals surface area contributed by atoms with Gasteiger partial charge in [-0.25, -0.2) is 0 Å². The van der Waals surface area contributed by atoms with Gasteiger partial charge in [-0.3, -0.25) is 9.69 Å². The van der Waals surface area contributed by atoms with Crippen molar-refractivity contribution in [2.75, 3.05) is 50.8 Å². The maximum atomic E-state index is 12.2. The average Bonchev–Trinajstić information content (AvgIpc) is 2.69. The highest BCUT2D eigenvalue weighted by atomic mass is 16.5. The molecule has 0 spiro atoms. The topological polar surface area (TPSA) is 44.8 Å². The Hall–Kier alpha value is -1.59. The Labute approximate surface area is 164 Å². The monoisotopic (exact) mass is 373 g/mol. The molecule has 2 fully saturated rings. The van der Waals surface area contributed by atoms with Crippen molar-refractivity contribution in [3.8, 4) is 0 Å². The van der Waals surface area contributed by atoms with Crippen molar-refractivity contribution in [2.24, 2.45) is 0 Å². The smallest absolute Gasteiger partial charge is 0.234 e. The lowest BCUT2D eigenvalue weighted by atomic mass is 9.98. The third kappa shape index (κ3) is 6.82. The van der Waals surface area contributed by atoms with E-state index in [2.05, 4.69) is 46.3 Å². The Balaban J connectivity index is 1.26. The molecule has 0 atom stereocenters. The Bertz CT molecular complexity index is 579. The summed E-state index contributed by atoms with van der Waals surface area (Å²) in [5.74, 6) is 0.136. The lowest BCUT2D eigenvalue weighted by molar-refractivity contribution is -0.122. The van der Waals surface area contributed by atoms with Crippen molar-refractivity contribution in [3.63, 3.8) is 0 Å². The summed E-state index contributed by atoms with van der Waals surface area (Å²) in [6.45, 7) is 7.95. The number of carbonyl (C=O) groups excluding carboxylic acids is 1. The summed E-state index contributed by atoms with van der Waals surface area (Å²) in [4.78, 5) is 16.8. The van der Waals surface area contributed by atoms with Crippen LogP contribution < -0.4 is 10.2 Å². The highest BCUT2D eigenvalue weighted by Crippen LogP contribution is 2.20. The first kappa shape index (κ1) is 20.2. The molecule has 0 radical (unpaired) electrons. The summed E-state index contributed by atoms with van der Waals surface area (Å²) in [7, 11) is 0. The third-order valence-electron chi connectivity index (χ3n) is 5.66. The SMILES string of the molecule is Cc1cccc(N2CCN(CC(=O)NCCCOC3CCCCC3)CC2)c1. The van der Waals surface area contributed by atoms with Crippen molar-refractivity contribution in [2.45, 2.75) is 51.6 Å². The molecule has 3 rings (SSSR count). The minimum Gasteiger partial charge on any atom is -0.378 e. The van der Waals surface area contributed by atoms with E-state index in [9.17, 15) is 4.79 Å². The number of nitrogens with zero attached hydrogens (tertiary/aromatic N) is 2. The van der Waals surface area contributed by atoms with Gasteiger partial charge in [0.05, 0.1) is 12.6 Å². The van der Waals surface area contributed by atoms with E-state index in [1.807, 2.05) is 0 Å². The van der Waals surface area contributed by atoms with Crippen LogP contribution in [0.2, 0.25) is 0 Å². The van der Waals surface area contributed by atoms with E-state index >= 15 is 0 Å². The van der Waals surface area contributed by atoms with Gasteiger partial charge in [-0.1, -0.05) is 31.4 Å². The molecule has 27 heavy (non-hydrogen) atoms. The summed E-state index contributed by atoms with van der Waals surface area (Å²) in [5, 5.41) is 3.04. The quantitative estimate of drug-likeness (QED) is 0.712. The maximum Gasteiger partial charge on any atom is 0.234 e. The van der Waals surface area contributed by atoms with Gasteiger partial charge >= 0.3 is 0 Å². The number of hydrogen-bond acceptors (Lipinski definition) is 4. The number of piperazine rings is 1. The predicted octanol–water partition coefficient (Wildman–Crippen LogP) is 2.97. The number of ether oxygens (including phenoxy) is 1. The Kier molecular flexibility index (Phi) is 7.96. The molecule has 1 amide bonds. The number of aryl methyl sites for hydroxylation is 1. The summed E-state index contributed by atoms with van der Waals surface area (Å²) in [5.41, 5.74) is 2.58. The van der Waals surface area contributed by atoms with Crippen LogP contribution in [-0.2, 0) is 9.53 Å². The van der Waals surface area contributed by atoms with Crippen LogP contribution in [0.25, 0.3) is 0 Å². The zero-order valence-corrected chi connectivity index (χ0v) is 16.8. The van der Waals surface area contributed by atoms with Crippen LogP contribution >= 0.6 is 0 Å². The second kappa shape index (κ2) is 10.7. The standard InChI is InChI=1S/C22H35N3O2/c1-19-7-5-8-20(17-19)25-14-12-24(13-15-25)18-22(26)23-11-6-16-27-21-9-3-2-4-10-21/h5,7-8,17,21H,2-4,6,9-16,18H2,1H3,(H,23,26). The zero-order valence-electron chi connectivity index (χ0n) is 16.8. The Morgan fingerprint density at radius 2 is 1.93 bits per heavy atom. The average molecular weight is 374 g/mol. The van der Waals surface area contributed by atoms with Crippen LogP contribution in [0.15, 0.2) is 24.3 Å². The van der Waals surface area contributed by atoms with Crippen molar-refractivity contribution in [3.05, 3.63) is 29.8 Å². The summed E-state index contributed by atoms with van der Waals surface area (Å²) in [6, 6.07) is 8.65. The number of rotatable bonds is 8. The van der Waals surface area contributed by atoms with Crippen LogP contribution in [0, 0.1) is 6.92 Å². The van der Waals surface area contributed by atoms with E-state index in [0.29, 0.717) is 12.6 Å². The van der Waals surface area contributed by atoms with Gasteiger partial charge in [-0.05, 0) is 43.9 Å². The van der Waals surface area contributed by atoms with Crippen LogP contribution in [-0.4, -0.2) is 62.8 Å². The second-order valence-electron chi connectivity index (χ2n) is 7.94. The number of nitrogens with one attached hydrogen (secondary N) is 1. The fourth-order valence-electron chi connectivity index (χ4n) is 4.03. The summed E-state index contributed by atoms with van der Waals surface area (Å²) >= 11 is 0. The van der Waals surface area contributed by atoms with Crippen LogP contribution in [0.1, 0.15) is 44.1 Å². The van der Waals surface area contributed by atoms with E-state index in [1.54, 1.807) is 0 Å². The molecular weight excluding hydrogens is 338 g/mol. The minimum atomic E-state index is 0.136. The fraction of sp³-hybridized carbons (Fsp3) is 0.682. The third-order valence-corrected chi connectivity index (χ3v) is 5.66. The molecule has 1 saturated carbocycles. The molecule has 1 aromatic carbocycles. The van der Waals surface area contributed by atoms with Crippen LogP contribution in [0.4, 0.5) is 5.69 Å². The van der Waals surface area contributed by atoms with Gasteiger partial charge in [-0.2, -0.15) is 0 Å². The first-order valence-electron chi connectivity index (χ1n) is 10.6. The largest absolute Gasteiger partial charge is 0.378 e. The lowest BCUT2D eigenvalue weighted by Gasteiger charge is -2.35. The molecule has 1 aromatic rings. The first-order chi connectivity index (χ1) is 13.2. The molecule has 0 unspecified atom stereocenters. The van der Waals surface area contributed by atoms with Crippen molar-refractivity contribution < 1.29 is 9.53 Å². The molecule has 5 heteroatoms.